The molecule has 0 radical (unpaired) electrons. The molecule has 0 saturated carbocycles. The Morgan fingerprint density at radius 2 is 0.523 bits per heavy atom. The van der Waals surface area contributed by atoms with Gasteiger partial charge in [0.1, 0.15) is 0 Å². The molecule has 2 spiro atoms. The second kappa shape index (κ2) is 9.38. The van der Waals surface area contributed by atoms with Gasteiger partial charge in [-0.2, -0.15) is 0 Å². The van der Waals surface area contributed by atoms with E-state index in [9.17, 15) is 0 Å². The van der Waals surface area contributed by atoms with E-state index in [4.69, 9.17) is 38.1 Å². The van der Waals surface area contributed by atoms with Gasteiger partial charge < -0.3 is 0 Å². The Bertz CT molecular complexity index is 1170. The van der Waals surface area contributed by atoms with E-state index in [-0.39, 0.29) is 38.7 Å². The van der Waals surface area contributed by atoms with Crippen molar-refractivity contribution in [2.75, 3.05) is 56.4 Å². The zero-order chi connectivity index (χ0) is 34.9. The molecule has 0 N–H and O–H groups in total. The summed E-state index contributed by atoms with van der Waals surface area (Å²) in [5.41, 5.74) is -0.739. The summed E-state index contributed by atoms with van der Waals surface area (Å²) in [6.45, 7) is 17.0. The summed E-state index contributed by atoms with van der Waals surface area (Å²) in [6.07, 6.45) is 0. The summed E-state index contributed by atoms with van der Waals surface area (Å²) in [7, 11) is 16.2. The summed E-state index contributed by atoms with van der Waals surface area (Å²) >= 11 is 7.94. The van der Waals surface area contributed by atoms with Crippen molar-refractivity contribution >= 4 is 67.7 Å². The van der Waals surface area contributed by atoms with Crippen LogP contribution in [0.15, 0.2) is 20.4 Å². The summed E-state index contributed by atoms with van der Waals surface area (Å²) < 4.78 is 27.4. The summed E-state index contributed by atoms with van der Waals surface area (Å²) in [4.78, 5) is 0. The van der Waals surface area contributed by atoms with Gasteiger partial charge in [-0.15, -0.1) is 0 Å². The Kier molecular flexibility index (Phi) is 8.01. The van der Waals surface area contributed by atoms with Gasteiger partial charge in [-0.3, -0.25) is 0 Å². The van der Waals surface area contributed by atoms with Gasteiger partial charge in [-0.1, -0.05) is 0 Å². The molecule has 0 amide bonds. The molecule has 44 heavy (non-hydrogen) atoms. The van der Waals surface area contributed by atoms with Crippen molar-refractivity contribution in [1.29, 1.82) is 0 Å². The summed E-state index contributed by atoms with van der Waals surface area (Å²) in [6, 6.07) is 0. The van der Waals surface area contributed by atoms with Crippen LogP contribution < -0.4 is 0 Å². The molecule has 0 aromatic rings. The average Bonchev–Trinajstić information content (AvgIpc) is 3.30. The van der Waals surface area contributed by atoms with E-state index in [1.54, 1.807) is 0 Å². The van der Waals surface area contributed by atoms with E-state index in [0.29, 0.717) is 0 Å². The fourth-order valence-electron chi connectivity index (χ4n) is 5.93. The van der Waals surface area contributed by atoms with Gasteiger partial charge in [0.25, 0.3) is 0 Å². The SMILES string of the molecule is CC(C)(C)C1=N[N+](C)(C)[SiH-2]2(Br)(O1)OC(C(C)(C)C)=N[N+]2(C)C.CC(C)(C)C1=N[N+](C)(C)[SiH-2]2(Br)(O1)OC(C(C)(C)C)=N[N+]2(C)C. The van der Waals surface area contributed by atoms with Crippen LogP contribution in [-0.4, -0.2) is 111 Å². The van der Waals surface area contributed by atoms with Gasteiger partial charge >= 0.3 is 284 Å². The molecule has 0 aliphatic carbocycles. The van der Waals surface area contributed by atoms with Gasteiger partial charge in [0.15, 0.2) is 0 Å². The first-order valence-electron chi connectivity index (χ1n) is 15.5. The third-order valence-corrected chi connectivity index (χ3v) is 34.9. The maximum absolute atomic E-state index is 6.57. The molecule has 4 aliphatic heterocycles. The predicted molar refractivity (Wildman–Crippen MR) is 192 cm³/mol. The second-order valence-electron chi connectivity index (χ2n) is 19.0. The van der Waals surface area contributed by atoms with E-state index in [1.165, 1.54) is 0 Å². The Morgan fingerprint density at radius 1 is 0.386 bits per heavy atom. The van der Waals surface area contributed by atoms with Crippen LogP contribution in [0.3, 0.4) is 0 Å². The zero-order valence-electron chi connectivity index (χ0n) is 31.1. The van der Waals surface area contributed by atoms with Crippen LogP contribution in [-0.2, 0) is 17.7 Å². The minimum atomic E-state index is -4.11. The molecular weight excluding hydrogens is 728 g/mol. The molecule has 0 atom stereocenters. The normalized spacial score (nSPS) is 29.9. The van der Waals surface area contributed by atoms with E-state index in [2.05, 4.69) is 114 Å². The van der Waals surface area contributed by atoms with E-state index in [1.807, 2.05) is 56.4 Å². The average molecular weight is 791 g/mol. The van der Waals surface area contributed by atoms with Crippen LogP contribution in [0, 0.1) is 21.7 Å². The van der Waals surface area contributed by atoms with Crippen molar-refractivity contribution < 1.29 is 34.7 Å². The Labute approximate surface area is 282 Å². The molecule has 0 fully saturated rings. The Balaban J connectivity index is 0.000000240. The number of hydrogen-bond acceptors (Lipinski definition) is 8. The molecule has 4 rings (SSSR count). The first-order valence-corrected chi connectivity index (χ1v) is 25.8. The quantitative estimate of drug-likeness (QED) is 0.227. The van der Waals surface area contributed by atoms with Crippen molar-refractivity contribution in [2.24, 2.45) is 42.1 Å². The number of halogens is 2. The van der Waals surface area contributed by atoms with Gasteiger partial charge in [0, 0.05) is 0 Å². The monoisotopic (exact) mass is 788 g/mol. The van der Waals surface area contributed by atoms with Gasteiger partial charge in [-0.25, -0.2) is 0 Å². The third kappa shape index (κ3) is 4.99. The molecule has 4 heterocycles. The number of quaternary nitrogens is 4. The Morgan fingerprint density at radius 3 is 0.614 bits per heavy atom. The fourth-order valence-corrected chi connectivity index (χ4v) is 18.4. The van der Waals surface area contributed by atoms with Crippen LogP contribution in [0.5, 0.6) is 0 Å². The summed E-state index contributed by atoms with van der Waals surface area (Å²) in [5, 5.41) is 19.4. The molecule has 0 saturated heterocycles. The zero-order valence-corrected chi connectivity index (χ0v) is 36.6. The molecule has 0 aromatic heterocycles. The Hall–Kier alpha value is -0.886. The van der Waals surface area contributed by atoms with Crippen LogP contribution in [0.1, 0.15) is 83.1 Å². The molecule has 0 aromatic carbocycles. The first-order chi connectivity index (χ1) is 18.9. The van der Waals surface area contributed by atoms with Crippen molar-refractivity contribution in [2.45, 2.75) is 83.1 Å². The maximum atomic E-state index is 6.57. The number of nitrogens with zero attached hydrogens (tertiary/aromatic N) is 8. The molecule has 0 unspecified atom stereocenters. The van der Waals surface area contributed by atoms with Crippen LogP contribution in [0.2, 0.25) is 0 Å². The molecule has 260 valence electrons. The molecule has 4 aliphatic rings. The van der Waals surface area contributed by atoms with Crippen LogP contribution in [0.25, 0.3) is 0 Å². The molecule has 12 nitrogen and oxygen atoms in total. The number of hydrogen-bond donors (Lipinski definition) is 0. The van der Waals surface area contributed by atoms with E-state index < -0.39 is 13.6 Å². The third-order valence-electron chi connectivity index (χ3n) is 9.35. The standard InChI is InChI=1S/2C14H31BrN4O2Si/c2*1-13(2,3)11-16-18(7,8)22(15,20-11)19(9,10)17-12(21-22)14(4,5)6/h2*22H,1-10H3. The van der Waals surface area contributed by atoms with Crippen LogP contribution >= 0.6 is 30.6 Å². The first kappa shape index (κ1) is 37.6. The fraction of sp³-hybridized carbons (Fsp3) is 0.857. The topological polar surface area (TPSA) is 86.4 Å². The van der Waals surface area contributed by atoms with Gasteiger partial charge in [-0.05, 0) is 0 Å². The molecule has 16 heteroatoms. The number of rotatable bonds is 0. The van der Waals surface area contributed by atoms with Crippen molar-refractivity contribution in [1.82, 2.24) is 0 Å². The molecular formula is C28H62Br2N8O4Si2. The van der Waals surface area contributed by atoms with Crippen molar-refractivity contribution in [3.63, 3.8) is 0 Å². The van der Waals surface area contributed by atoms with E-state index in [0.717, 1.165) is 23.6 Å². The minimum absolute atomic E-state index is 0.185. The van der Waals surface area contributed by atoms with Gasteiger partial charge in [0.05, 0.1) is 0 Å². The van der Waals surface area contributed by atoms with Crippen LogP contribution in [0.4, 0.5) is 0 Å². The molecule has 0 bridgehead atoms. The van der Waals surface area contributed by atoms with Crippen molar-refractivity contribution in [3.8, 4) is 0 Å². The summed E-state index contributed by atoms with van der Waals surface area (Å²) in [5.74, 6) is 2.87. The predicted octanol–water partition coefficient (Wildman–Crippen LogP) is 5.86. The van der Waals surface area contributed by atoms with Gasteiger partial charge in [0.2, 0.25) is 0 Å². The second-order valence-corrected chi connectivity index (χ2v) is 38.4. The van der Waals surface area contributed by atoms with Crippen molar-refractivity contribution in [3.05, 3.63) is 0 Å². The van der Waals surface area contributed by atoms with E-state index >= 15 is 0 Å².